The van der Waals surface area contributed by atoms with E-state index < -0.39 is 0 Å². The molecule has 0 radical (unpaired) electrons. The summed E-state index contributed by atoms with van der Waals surface area (Å²) >= 11 is 0. The van der Waals surface area contributed by atoms with Gasteiger partial charge in [0.25, 0.3) is 5.91 Å². The van der Waals surface area contributed by atoms with Gasteiger partial charge >= 0.3 is 0 Å². The van der Waals surface area contributed by atoms with Gasteiger partial charge in [0, 0.05) is 31.3 Å². The lowest BCUT2D eigenvalue weighted by Gasteiger charge is -2.14. The lowest BCUT2D eigenvalue weighted by Crippen LogP contribution is -2.36. The van der Waals surface area contributed by atoms with Gasteiger partial charge in [-0.1, -0.05) is 30.3 Å². The predicted molar refractivity (Wildman–Crippen MR) is 98.8 cm³/mol. The summed E-state index contributed by atoms with van der Waals surface area (Å²) in [6, 6.07) is 14.8. The Bertz CT molecular complexity index is 833. The van der Waals surface area contributed by atoms with E-state index in [1.165, 1.54) is 6.92 Å². The number of hydrogen-bond acceptors (Lipinski definition) is 3. The van der Waals surface area contributed by atoms with Crippen LogP contribution in [0, 0.1) is 0 Å². The molecule has 1 heterocycles. The van der Waals surface area contributed by atoms with Gasteiger partial charge < -0.3 is 15.5 Å². The summed E-state index contributed by atoms with van der Waals surface area (Å²) < 4.78 is 0. The van der Waals surface area contributed by atoms with Gasteiger partial charge in [-0.15, -0.1) is 0 Å². The third-order valence-electron chi connectivity index (χ3n) is 4.36. The van der Waals surface area contributed by atoms with E-state index in [0.717, 1.165) is 23.2 Å². The molecular formula is C20H21N3O3. The molecule has 0 aliphatic carbocycles. The highest BCUT2D eigenvalue weighted by Gasteiger charge is 2.23. The molecule has 0 spiro atoms. The van der Waals surface area contributed by atoms with Gasteiger partial charge in [-0.05, 0) is 35.7 Å². The van der Waals surface area contributed by atoms with Gasteiger partial charge in [0.2, 0.25) is 11.8 Å². The quantitative estimate of drug-likeness (QED) is 0.860. The van der Waals surface area contributed by atoms with E-state index in [0.29, 0.717) is 18.7 Å². The number of benzene rings is 2. The van der Waals surface area contributed by atoms with Crippen molar-refractivity contribution in [3.63, 3.8) is 0 Å². The van der Waals surface area contributed by atoms with Crippen LogP contribution in [0.15, 0.2) is 48.5 Å². The Morgan fingerprint density at radius 1 is 1.04 bits per heavy atom. The van der Waals surface area contributed by atoms with E-state index in [1.807, 2.05) is 30.3 Å². The van der Waals surface area contributed by atoms with Crippen molar-refractivity contribution in [2.75, 3.05) is 18.0 Å². The average Bonchev–Trinajstić information content (AvgIpc) is 3.08. The molecule has 0 unspecified atom stereocenters. The van der Waals surface area contributed by atoms with Crippen LogP contribution < -0.4 is 15.5 Å². The smallest absolute Gasteiger partial charge is 0.251 e. The van der Waals surface area contributed by atoms with Crippen molar-refractivity contribution in [2.24, 2.45) is 0 Å². The molecule has 0 aromatic heterocycles. The maximum atomic E-state index is 12.3. The zero-order valence-corrected chi connectivity index (χ0v) is 14.6. The monoisotopic (exact) mass is 351 g/mol. The third-order valence-corrected chi connectivity index (χ3v) is 4.36. The maximum Gasteiger partial charge on any atom is 0.251 e. The SMILES string of the molecule is CC(=O)N1CCc2cc(C(=O)NCC(=O)NCc3ccccc3)ccc21. The Balaban J connectivity index is 1.52. The predicted octanol–water partition coefficient (Wildman–Crippen LogP) is 1.64. The second kappa shape index (κ2) is 7.82. The van der Waals surface area contributed by atoms with Crippen molar-refractivity contribution < 1.29 is 14.4 Å². The molecule has 2 aromatic rings. The second-order valence-corrected chi connectivity index (χ2v) is 6.21. The van der Waals surface area contributed by atoms with Crippen LogP contribution in [0.1, 0.15) is 28.4 Å². The first-order chi connectivity index (χ1) is 12.5. The molecule has 1 aliphatic rings. The number of anilines is 1. The minimum absolute atomic E-state index is 0.00367. The number of amides is 3. The van der Waals surface area contributed by atoms with Crippen LogP contribution in [0.4, 0.5) is 5.69 Å². The summed E-state index contributed by atoms with van der Waals surface area (Å²) in [5, 5.41) is 5.40. The highest BCUT2D eigenvalue weighted by molar-refractivity contribution is 5.99. The van der Waals surface area contributed by atoms with Gasteiger partial charge in [0.05, 0.1) is 6.54 Å². The normalized spacial score (nSPS) is 12.4. The Labute approximate surface area is 152 Å². The average molecular weight is 351 g/mol. The fraction of sp³-hybridized carbons (Fsp3) is 0.250. The summed E-state index contributed by atoms with van der Waals surface area (Å²) in [5.41, 5.74) is 3.32. The maximum absolute atomic E-state index is 12.3. The lowest BCUT2D eigenvalue weighted by molar-refractivity contribution is -0.120. The summed E-state index contributed by atoms with van der Waals surface area (Å²) in [7, 11) is 0. The van der Waals surface area contributed by atoms with E-state index >= 15 is 0 Å². The lowest BCUT2D eigenvalue weighted by atomic mass is 10.1. The molecular weight excluding hydrogens is 330 g/mol. The molecule has 0 fully saturated rings. The number of rotatable bonds is 5. The van der Waals surface area contributed by atoms with Gasteiger partial charge in [-0.2, -0.15) is 0 Å². The molecule has 2 aromatic carbocycles. The zero-order chi connectivity index (χ0) is 18.5. The standard InChI is InChI=1S/C20H21N3O3/c1-14(24)23-10-9-16-11-17(7-8-18(16)23)20(26)22-13-19(25)21-12-15-5-3-2-4-6-15/h2-8,11H,9-10,12-13H2,1H3,(H,21,25)(H,22,26). The van der Waals surface area contributed by atoms with E-state index in [2.05, 4.69) is 10.6 Å². The van der Waals surface area contributed by atoms with Gasteiger partial charge in [0.15, 0.2) is 0 Å². The Morgan fingerprint density at radius 3 is 2.54 bits per heavy atom. The minimum Gasteiger partial charge on any atom is -0.350 e. The highest BCUT2D eigenvalue weighted by atomic mass is 16.2. The van der Waals surface area contributed by atoms with Crippen molar-refractivity contribution in [3.05, 3.63) is 65.2 Å². The third kappa shape index (κ3) is 4.08. The van der Waals surface area contributed by atoms with Gasteiger partial charge in [-0.25, -0.2) is 0 Å². The van der Waals surface area contributed by atoms with E-state index in [-0.39, 0.29) is 24.3 Å². The fourth-order valence-electron chi connectivity index (χ4n) is 2.99. The van der Waals surface area contributed by atoms with E-state index in [4.69, 9.17) is 0 Å². The summed E-state index contributed by atoms with van der Waals surface area (Å²) in [6.07, 6.45) is 0.730. The zero-order valence-electron chi connectivity index (χ0n) is 14.6. The van der Waals surface area contributed by atoms with Crippen LogP contribution in [-0.2, 0) is 22.6 Å². The number of carbonyl (C=O) groups is 3. The van der Waals surface area contributed by atoms with Crippen molar-refractivity contribution in [1.82, 2.24) is 10.6 Å². The molecule has 134 valence electrons. The largest absolute Gasteiger partial charge is 0.350 e. The molecule has 2 N–H and O–H groups in total. The van der Waals surface area contributed by atoms with Gasteiger partial charge in [-0.3, -0.25) is 14.4 Å². The molecule has 26 heavy (non-hydrogen) atoms. The Hall–Kier alpha value is -3.15. The van der Waals surface area contributed by atoms with Crippen molar-refractivity contribution in [2.45, 2.75) is 19.9 Å². The number of hydrogen-bond donors (Lipinski definition) is 2. The highest BCUT2D eigenvalue weighted by Crippen LogP contribution is 2.28. The topological polar surface area (TPSA) is 78.5 Å². The number of fused-ring (bicyclic) bond motifs is 1. The summed E-state index contributed by atoms with van der Waals surface area (Å²) in [4.78, 5) is 37.4. The van der Waals surface area contributed by atoms with Crippen LogP contribution in [0.2, 0.25) is 0 Å². The number of nitrogens with one attached hydrogen (secondary N) is 2. The first-order valence-electron chi connectivity index (χ1n) is 8.54. The van der Waals surface area contributed by atoms with Crippen molar-refractivity contribution in [1.29, 1.82) is 0 Å². The first kappa shape index (κ1) is 17.7. The fourth-order valence-corrected chi connectivity index (χ4v) is 2.99. The molecule has 0 saturated carbocycles. The summed E-state index contributed by atoms with van der Waals surface area (Å²) in [6.45, 7) is 2.51. The number of carbonyl (C=O) groups excluding carboxylic acids is 3. The Morgan fingerprint density at radius 2 is 1.81 bits per heavy atom. The van der Waals surface area contributed by atoms with Crippen LogP contribution in [0.5, 0.6) is 0 Å². The molecule has 6 nitrogen and oxygen atoms in total. The molecule has 0 atom stereocenters. The number of nitrogens with zero attached hydrogens (tertiary/aromatic N) is 1. The van der Waals surface area contributed by atoms with Crippen LogP contribution in [0.3, 0.4) is 0 Å². The molecule has 3 amide bonds. The minimum atomic E-state index is -0.302. The Kier molecular flexibility index (Phi) is 5.31. The van der Waals surface area contributed by atoms with Crippen LogP contribution in [0.25, 0.3) is 0 Å². The molecule has 1 aliphatic heterocycles. The van der Waals surface area contributed by atoms with Crippen molar-refractivity contribution >= 4 is 23.4 Å². The molecule has 3 rings (SSSR count). The molecule has 6 heteroatoms. The van der Waals surface area contributed by atoms with Crippen LogP contribution >= 0.6 is 0 Å². The second-order valence-electron chi connectivity index (χ2n) is 6.21. The molecule has 0 bridgehead atoms. The molecule has 0 saturated heterocycles. The van der Waals surface area contributed by atoms with Gasteiger partial charge in [0.1, 0.15) is 0 Å². The first-order valence-corrected chi connectivity index (χ1v) is 8.54. The van der Waals surface area contributed by atoms with Crippen molar-refractivity contribution in [3.8, 4) is 0 Å². The van der Waals surface area contributed by atoms with Crippen LogP contribution in [-0.4, -0.2) is 30.8 Å². The summed E-state index contributed by atoms with van der Waals surface area (Å²) in [5.74, 6) is -0.550. The van der Waals surface area contributed by atoms with E-state index in [9.17, 15) is 14.4 Å². The van der Waals surface area contributed by atoms with E-state index in [1.54, 1.807) is 23.1 Å².